The van der Waals surface area contributed by atoms with Crippen molar-refractivity contribution in [3.63, 3.8) is 0 Å². The normalized spacial score (nSPS) is 19.0. The Kier molecular flexibility index (Phi) is 2.44. The highest BCUT2D eigenvalue weighted by Crippen LogP contribution is 2.39. The molecule has 0 saturated heterocycles. The van der Waals surface area contributed by atoms with Crippen molar-refractivity contribution in [2.24, 2.45) is 0 Å². The zero-order valence-electron chi connectivity index (χ0n) is 8.35. The Balaban J connectivity index is 2.36. The Bertz CT molecular complexity index is 383. The van der Waals surface area contributed by atoms with Crippen molar-refractivity contribution in [2.45, 2.75) is 31.3 Å². The number of nitrogens with zero attached hydrogens (tertiary/aromatic N) is 1. The van der Waals surface area contributed by atoms with E-state index in [-0.39, 0.29) is 5.69 Å². The fourth-order valence-corrected chi connectivity index (χ4v) is 2.16. The predicted octanol–water partition coefficient (Wildman–Crippen LogP) is 2.36. The molecule has 0 heterocycles. The van der Waals surface area contributed by atoms with Gasteiger partial charge in [0.1, 0.15) is 0 Å². The molecule has 0 atom stereocenters. The minimum Gasteiger partial charge on any atom is -0.385 e. The summed E-state index contributed by atoms with van der Waals surface area (Å²) in [4.78, 5) is 10.2. The topological polar surface area (TPSA) is 63.4 Å². The summed E-state index contributed by atoms with van der Waals surface area (Å²) >= 11 is 0. The highest BCUT2D eigenvalue weighted by atomic mass is 16.6. The van der Waals surface area contributed by atoms with Crippen LogP contribution in [0.3, 0.4) is 0 Å². The van der Waals surface area contributed by atoms with Crippen LogP contribution in [0, 0.1) is 10.1 Å². The van der Waals surface area contributed by atoms with Gasteiger partial charge in [0.05, 0.1) is 10.5 Å². The maximum Gasteiger partial charge on any atom is 0.269 e. The molecule has 0 aliphatic heterocycles. The lowest BCUT2D eigenvalue weighted by atomic mass is 9.92. The van der Waals surface area contributed by atoms with Gasteiger partial charge in [0, 0.05) is 12.1 Å². The molecule has 1 aliphatic carbocycles. The molecule has 0 aromatic heterocycles. The average molecular weight is 207 g/mol. The first-order valence-electron chi connectivity index (χ1n) is 5.09. The Morgan fingerprint density at radius 1 is 1.33 bits per heavy atom. The number of non-ortho nitro benzene ring substituents is 1. The predicted molar refractivity (Wildman–Crippen MR) is 55.5 cm³/mol. The van der Waals surface area contributed by atoms with Gasteiger partial charge in [-0.1, -0.05) is 25.0 Å². The molecular weight excluding hydrogens is 194 g/mol. The summed E-state index contributed by atoms with van der Waals surface area (Å²) in [5.74, 6) is 0. The van der Waals surface area contributed by atoms with Crippen LogP contribution in [-0.4, -0.2) is 10.0 Å². The molecule has 1 fully saturated rings. The number of nitro groups is 1. The molecule has 0 amide bonds. The van der Waals surface area contributed by atoms with E-state index in [0.29, 0.717) is 18.4 Å². The average Bonchev–Trinajstić information content (AvgIpc) is 2.67. The van der Waals surface area contributed by atoms with Crippen molar-refractivity contribution in [3.05, 3.63) is 39.9 Å². The molecule has 15 heavy (non-hydrogen) atoms. The Morgan fingerprint density at radius 2 is 2.00 bits per heavy atom. The lowest BCUT2D eigenvalue weighted by Crippen LogP contribution is -2.20. The molecule has 0 spiro atoms. The van der Waals surface area contributed by atoms with E-state index in [1.54, 1.807) is 12.1 Å². The molecule has 1 aromatic carbocycles. The first kappa shape index (κ1) is 10.1. The lowest BCUT2D eigenvalue weighted by molar-refractivity contribution is -0.385. The number of hydrogen-bond acceptors (Lipinski definition) is 3. The van der Waals surface area contributed by atoms with Gasteiger partial charge >= 0.3 is 0 Å². The van der Waals surface area contributed by atoms with Gasteiger partial charge in [-0.15, -0.1) is 0 Å². The van der Waals surface area contributed by atoms with Gasteiger partial charge in [0.25, 0.3) is 5.69 Å². The number of rotatable bonds is 2. The van der Waals surface area contributed by atoms with Crippen LogP contribution in [-0.2, 0) is 5.60 Å². The number of benzene rings is 1. The van der Waals surface area contributed by atoms with Crippen LogP contribution in [0.5, 0.6) is 0 Å². The van der Waals surface area contributed by atoms with Crippen LogP contribution >= 0.6 is 0 Å². The summed E-state index contributed by atoms with van der Waals surface area (Å²) in [7, 11) is 0. The zero-order valence-corrected chi connectivity index (χ0v) is 8.35. The molecule has 4 nitrogen and oxygen atoms in total. The van der Waals surface area contributed by atoms with E-state index in [0.717, 1.165) is 12.8 Å². The van der Waals surface area contributed by atoms with E-state index in [9.17, 15) is 15.2 Å². The van der Waals surface area contributed by atoms with Crippen molar-refractivity contribution in [1.29, 1.82) is 0 Å². The van der Waals surface area contributed by atoms with E-state index < -0.39 is 10.5 Å². The molecule has 0 bridgehead atoms. The SMILES string of the molecule is O=[N+]([O-])c1cccc(C2(O)CCCC2)c1. The zero-order chi connectivity index (χ0) is 10.9. The van der Waals surface area contributed by atoms with Crippen molar-refractivity contribution < 1.29 is 10.0 Å². The summed E-state index contributed by atoms with van der Waals surface area (Å²) < 4.78 is 0. The quantitative estimate of drug-likeness (QED) is 0.598. The summed E-state index contributed by atoms with van der Waals surface area (Å²) in [6.07, 6.45) is 3.38. The van der Waals surface area contributed by atoms with Gasteiger partial charge in [-0.3, -0.25) is 10.1 Å². The van der Waals surface area contributed by atoms with Crippen LogP contribution in [0.25, 0.3) is 0 Å². The first-order valence-corrected chi connectivity index (χ1v) is 5.09. The highest BCUT2D eigenvalue weighted by Gasteiger charge is 2.33. The highest BCUT2D eigenvalue weighted by molar-refractivity contribution is 5.37. The van der Waals surface area contributed by atoms with Crippen molar-refractivity contribution in [3.8, 4) is 0 Å². The van der Waals surface area contributed by atoms with E-state index in [2.05, 4.69) is 0 Å². The second kappa shape index (κ2) is 3.62. The molecule has 1 saturated carbocycles. The first-order chi connectivity index (χ1) is 7.12. The van der Waals surface area contributed by atoms with Crippen molar-refractivity contribution >= 4 is 5.69 Å². The molecule has 0 radical (unpaired) electrons. The summed E-state index contributed by atoms with van der Waals surface area (Å²) in [5.41, 5.74) is -0.117. The van der Waals surface area contributed by atoms with Crippen molar-refractivity contribution in [1.82, 2.24) is 0 Å². The number of aliphatic hydroxyl groups is 1. The largest absolute Gasteiger partial charge is 0.385 e. The van der Waals surface area contributed by atoms with Gasteiger partial charge in [-0.2, -0.15) is 0 Å². The van der Waals surface area contributed by atoms with Gasteiger partial charge in [0.2, 0.25) is 0 Å². The van der Waals surface area contributed by atoms with E-state index in [1.165, 1.54) is 12.1 Å². The third-order valence-corrected chi connectivity index (χ3v) is 3.03. The Labute approximate surface area is 87.7 Å². The molecule has 4 heteroatoms. The summed E-state index contributed by atoms with van der Waals surface area (Å²) in [6, 6.07) is 6.31. The second-order valence-electron chi connectivity index (χ2n) is 4.05. The summed E-state index contributed by atoms with van der Waals surface area (Å²) in [5, 5.41) is 20.8. The monoisotopic (exact) mass is 207 g/mol. The Hall–Kier alpha value is -1.42. The van der Waals surface area contributed by atoms with Gasteiger partial charge in [0.15, 0.2) is 0 Å². The minimum atomic E-state index is -0.841. The third kappa shape index (κ3) is 1.85. The summed E-state index contributed by atoms with van der Waals surface area (Å²) in [6.45, 7) is 0. The van der Waals surface area contributed by atoms with E-state index >= 15 is 0 Å². The van der Waals surface area contributed by atoms with Gasteiger partial charge in [-0.05, 0) is 18.4 Å². The maximum atomic E-state index is 10.6. The standard InChI is InChI=1S/C11H13NO3/c13-11(6-1-2-7-11)9-4-3-5-10(8-9)12(14)15/h3-5,8,13H,1-2,6-7H2. The smallest absolute Gasteiger partial charge is 0.269 e. The van der Waals surface area contributed by atoms with Gasteiger partial charge < -0.3 is 5.11 Å². The number of hydrogen-bond donors (Lipinski definition) is 1. The van der Waals surface area contributed by atoms with Crippen molar-refractivity contribution in [2.75, 3.05) is 0 Å². The molecule has 1 aliphatic rings. The van der Waals surface area contributed by atoms with Crippen LogP contribution in [0.4, 0.5) is 5.69 Å². The van der Waals surface area contributed by atoms with Crippen LogP contribution in [0.2, 0.25) is 0 Å². The van der Waals surface area contributed by atoms with Gasteiger partial charge in [-0.25, -0.2) is 0 Å². The van der Waals surface area contributed by atoms with Crippen LogP contribution in [0.1, 0.15) is 31.2 Å². The second-order valence-corrected chi connectivity index (χ2v) is 4.05. The lowest BCUT2D eigenvalue weighted by Gasteiger charge is -2.22. The molecule has 0 unspecified atom stereocenters. The fourth-order valence-electron chi connectivity index (χ4n) is 2.16. The maximum absolute atomic E-state index is 10.6. The van der Waals surface area contributed by atoms with E-state index in [4.69, 9.17) is 0 Å². The minimum absolute atomic E-state index is 0.0489. The fraction of sp³-hybridized carbons (Fsp3) is 0.455. The molecular formula is C11H13NO3. The molecule has 2 rings (SSSR count). The Morgan fingerprint density at radius 3 is 2.60 bits per heavy atom. The molecule has 1 N–H and O–H groups in total. The number of nitro benzene ring substituents is 1. The molecule has 1 aromatic rings. The third-order valence-electron chi connectivity index (χ3n) is 3.03. The molecule has 80 valence electrons. The van der Waals surface area contributed by atoms with E-state index in [1.807, 2.05) is 0 Å². The van der Waals surface area contributed by atoms with Crippen LogP contribution < -0.4 is 0 Å². The van der Waals surface area contributed by atoms with Crippen LogP contribution in [0.15, 0.2) is 24.3 Å².